The van der Waals surface area contributed by atoms with Crippen molar-refractivity contribution in [3.05, 3.63) is 10.6 Å². The van der Waals surface area contributed by atoms with Crippen molar-refractivity contribution >= 4 is 28.3 Å². The zero-order chi connectivity index (χ0) is 20.1. The van der Waals surface area contributed by atoms with Crippen LogP contribution >= 0.6 is 11.3 Å². The molecule has 0 saturated heterocycles. The third-order valence-electron chi connectivity index (χ3n) is 4.38. The van der Waals surface area contributed by atoms with Gasteiger partial charge in [-0.05, 0) is 33.6 Å². The average Bonchev–Trinajstić information content (AvgIpc) is 2.94. The molecular formula is C20H35N3O3S. The Balaban J connectivity index is 2.52. The molecule has 1 aromatic heterocycles. The molecule has 0 bridgehead atoms. The maximum absolute atomic E-state index is 12.6. The van der Waals surface area contributed by atoms with Crippen molar-refractivity contribution in [3.63, 3.8) is 0 Å². The van der Waals surface area contributed by atoms with Gasteiger partial charge in [-0.15, -0.1) is 11.3 Å². The van der Waals surface area contributed by atoms with Gasteiger partial charge in [0.25, 0.3) is 0 Å². The lowest BCUT2D eigenvalue weighted by Crippen LogP contribution is -2.39. The molecule has 0 unspecified atom stereocenters. The van der Waals surface area contributed by atoms with Gasteiger partial charge in [0, 0.05) is 31.1 Å². The number of amides is 2. The SMILES string of the molecule is CCCCCCCC(=O)N(CCCOCC)CC(=O)Nc1nc(C)c(C)s1. The highest BCUT2D eigenvalue weighted by Crippen LogP contribution is 2.21. The molecule has 0 saturated carbocycles. The van der Waals surface area contributed by atoms with Gasteiger partial charge in [-0.2, -0.15) is 0 Å². The van der Waals surface area contributed by atoms with Gasteiger partial charge in [0.2, 0.25) is 11.8 Å². The summed E-state index contributed by atoms with van der Waals surface area (Å²) in [4.78, 5) is 32.0. The van der Waals surface area contributed by atoms with Gasteiger partial charge < -0.3 is 15.0 Å². The number of anilines is 1. The van der Waals surface area contributed by atoms with E-state index in [0.29, 0.717) is 31.3 Å². The van der Waals surface area contributed by atoms with Crippen LogP contribution in [0.3, 0.4) is 0 Å². The summed E-state index contributed by atoms with van der Waals surface area (Å²) in [6.07, 6.45) is 6.74. The molecule has 1 rings (SSSR count). The molecule has 0 spiro atoms. The predicted molar refractivity (Wildman–Crippen MR) is 111 cm³/mol. The minimum atomic E-state index is -0.195. The van der Waals surface area contributed by atoms with Crippen molar-refractivity contribution in [1.82, 2.24) is 9.88 Å². The number of aromatic nitrogens is 1. The maximum Gasteiger partial charge on any atom is 0.245 e. The van der Waals surface area contributed by atoms with Crippen molar-refractivity contribution in [2.24, 2.45) is 0 Å². The molecule has 6 nitrogen and oxygen atoms in total. The minimum absolute atomic E-state index is 0.0460. The van der Waals surface area contributed by atoms with Crippen LogP contribution in [0.5, 0.6) is 0 Å². The van der Waals surface area contributed by atoms with Crippen molar-refractivity contribution in [2.45, 2.75) is 72.6 Å². The number of hydrogen-bond acceptors (Lipinski definition) is 5. The molecule has 1 aromatic rings. The Bertz CT molecular complexity index is 555. The number of carbonyl (C=O) groups excluding carboxylic acids is 2. The zero-order valence-electron chi connectivity index (χ0n) is 17.3. The van der Waals surface area contributed by atoms with Gasteiger partial charge in [-0.3, -0.25) is 9.59 Å². The zero-order valence-corrected chi connectivity index (χ0v) is 18.1. The lowest BCUT2D eigenvalue weighted by Gasteiger charge is -2.22. The fraction of sp³-hybridized carbons (Fsp3) is 0.750. The van der Waals surface area contributed by atoms with Crippen LogP contribution in [0.4, 0.5) is 5.13 Å². The normalized spacial score (nSPS) is 10.8. The van der Waals surface area contributed by atoms with Gasteiger partial charge in [0.05, 0.1) is 12.2 Å². The van der Waals surface area contributed by atoms with Crippen LogP contribution in [0.2, 0.25) is 0 Å². The lowest BCUT2D eigenvalue weighted by atomic mass is 10.1. The third-order valence-corrected chi connectivity index (χ3v) is 5.37. The van der Waals surface area contributed by atoms with E-state index < -0.39 is 0 Å². The highest BCUT2D eigenvalue weighted by molar-refractivity contribution is 7.15. The second-order valence-corrected chi connectivity index (χ2v) is 7.94. The van der Waals surface area contributed by atoms with Crippen LogP contribution in [-0.4, -0.2) is 48.0 Å². The average molecular weight is 398 g/mol. The summed E-state index contributed by atoms with van der Waals surface area (Å²) in [5.41, 5.74) is 0.923. The number of hydrogen-bond donors (Lipinski definition) is 1. The summed E-state index contributed by atoms with van der Waals surface area (Å²) in [5.74, 6) is -0.149. The van der Waals surface area contributed by atoms with E-state index in [2.05, 4.69) is 17.2 Å². The van der Waals surface area contributed by atoms with Gasteiger partial charge >= 0.3 is 0 Å². The summed E-state index contributed by atoms with van der Waals surface area (Å²) in [7, 11) is 0. The molecule has 0 radical (unpaired) electrons. The van der Waals surface area contributed by atoms with E-state index in [1.165, 1.54) is 24.2 Å². The number of nitrogens with zero attached hydrogens (tertiary/aromatic N) is 2. The van der Waals surface area contributed by atoms with E-state index in [1.54, 1.807) is 4.90 Å². The fourth-order valence-corrected chi connectivity index (χ4v) is 3.52. The molecule has 0 aliphatic rings. The van der Waals surface area contributed by atoms with Crippen LogP contribution in [-0.2, 0) is 14.3 Å². The van der Waals surface area contributed by atoms with Gasteiger partial charge in [-0.1, -0.05) is 32.6 Å². The molecule has 0 atom stereocenters. The summed E-state index contributed by atoms with van der Waals surface area (Å²) in [6.45, 7) is 9.89. The first-order valence-electron chi connectivity index (χ1n) is 10.1. The Morgan fingerprint density at radius 3 is 2.48 bits per heavy atom. The molecule has 0 aliphatic carbocycles. The van der Waals surface area contributed by atoms with Gasteiger partial charge in [-0.25, -0.2) is 4.98 Å². The maximum atomic E-state index is 12.6. The van der Waals surface area contributed by atoms with E-state index in [4.69, 9.17) is 4.74 Å². The Kier molecular flexibility index (Phi) is 11.9. The molecule has 154 valence electrons. The van der Waals surface area contributed by atoms with Gasteiger partial charge in [0.1, 0.15) is 0 Å². The van der Waals surface area contributed by atoms with E-state index in [0.717, 1.165) is 36.3 Å². The lowest BCUT2D eigenvalue weighted by molar-refractivity contribution is -0.135. The monoisotopic (exact) mass is 397 g/mol. The molecule has 0 aliphatic heterocycles. The molecule has 27 heavy (non-hydrogen) atoms. The topological polar surface area (TPSA) is 71.5 Å². The fourth-order valence-electron chi connectivity index (χ4n) is 2.69. The summed E-state index contributed by atoms with van der Waals surface area (Å²) in [6, 6.07) is 0. The number of ether oxygens (including phenoxy) is 1. The number of carbonyl (C=O) groups is 2. The van der Waals surface area contributed by atoms with Crippen molar-refractivity contribution in [3.8, 4) is 0 Å². The first-order valence-corrected chi connectivity index (χ1v) is 10.9. The highest BCUT2D eigenvalue weighted by atomic mass is 32.1. The molecule has 2 amide bonds. The third kappa shape index (κ3) is 9.86. The van der Waals surface area contributed by atoms with Crippen LogP contribution in [0.15, 0.2) is 0 Å². The van der Waals surface area contributed by atoms with Gasteiger partial charge in [0.15, 0.2) is 5.13 Å². The molecule has 1 heterocycles. The van der Waals surface area contributed by atoms with E-state index in [9.17, 15) is 9.59 Å². The van der Waals surface area contributed by atoms with Crippen LogP contribution in [0, 0.1) is 13.8 Å². The number of rotatable bonds is 14. The van der Waals surface area contributed by atoms with Crippen LogP contribution in [0.1, 0.15) is 69.4 Å². The van der Waals surface area contributed by atoms with E-state index in [-0.39, 0.29) is 18.4 Å². The van der Waals surface area contributed by atoms with E-state index in [1.807, 2.05) is 20.8 Å². The number of thiazole rings is 1. The number of aryl methyl sites for hydroxylation is 2. The Morgan fingerprint density at radius 2 is 1.85 bits per heavy atom. The summed E-state index contributed by atoms with van der Waals surface area (Å²) in [5, 5.41) is 3.41. The standard InChI is InChI=1S/C20H35N3O3S/c1-5-7-8-9-10-12-19(25)23(13-11-14-26-6-2)15-18(24)22-20-21-16(3)17(4)27-20/h5-15H2,1-4H3,(H,21,22,24). The number of unbranched alkanes of at least 4 members (excludes halogenated alkanes) is 4. The predicted octanol–water partition coefficient (Wildman–Crippen LogP) is 4.31. The first kappa shape index (κ1) is 23.6. The minimum Gasteiger partial charge on any atom is -0.382 e. The number of nitrogens with one attached hydrogen (secondary N) is 1. The van der Waals surface area contributed by atoms with Crippen LogP contribution in [0.25, 0.3) is 0 Å². The Morgan fingerprint density at radius 1 is 1.11 bits per heavy atom. The highest BCUT2D eigenvalue weighted by Gasteiger charge is 2.18. The largest absolute Gasteiger partial charge is 0.382 e. The van der Waals surface area contributed by atoms with Crippen molar-refractivity contribution < 1.29 is 14.3 Å². The summed E-state index contributed by atoms with van der Waals surface area (Å²) < 4.78 is 5.36. The second-order valence-electron chi connectivity index (χ2n) is 6.74. The molecule has 0 aromatic carbocycles. The first-order chi connectivity index (χ1) is 13.0. The van der Waals surface area contributed by atoms with Crippen molar-refractivity contribution in [1.29, 1.82) is 0 Å². The Labute approximate surface area is 167 Å². The molecular weight excluding hydrogens is 362 g/mol. The van der Waals surface area contributed by atoms with E-state index >= 15 is 0 Å². The Hall–Kier alpha value is -1.47. The summed E-state index contributed by atoms with van der Waals surface area (Å²) >= 11 is 1.46. The van der Waals surface area contributed by atoms with Crippen LogP contribution < -0.4 is 5.32 Å². The molecule has 7 heteroatoms. The molecule has 0 fully saturated rings. The molecule has 1 N–H and O–H groups in total. The quantitative estimate of drug-likeness (QED) is 0.475. The second kappa shape index (κ2) is 13.7. The smallest absolute Gasteiger partial charge is 0.245 e. The van der Waals surface area contributed by atoms with Crippen molar-refractivity contribution in [2.75, 3.05) is 31.6 Å².